The van der Waals surface area contributed by atoms with E-state index in [4.69, 9.17) is 14.9 Å². The average molecular weight is 267 g/mol. The fraction of sp³-hybridized carbons (Fsp3) is 0.176. The summed E-state index contributed by atoms with van der Waals surface area (Å²) >= 11 is 0. The minimum absolute atomic E-state index is 0.255. The van der Waals surface area contributed by atoms with Crippen LogP contribution in [-0.2, 0) is 0 Å². The predicted octanol–water partition coefficient (Wildman–Crippen LogP) is 3.80. The molecule has 3 nitrogen and oxygen atoms in total. The molecule has 0 saturated heterocycles. The molecule has 3 heteroatoms. The van der Waals surface area contributed by atoms with Gasteiger partial charge in [0.2, 0.25) is 0 Å². The highest BCUT2D eigenvalue weighted by Crippen LogP contribution is 2.33. The molecule has 0 aliphatic heterocycles. The zero-order chi connectivity index (χ0) is 14.1. The van der Waals surface area contributed by atoms with E-state index in [-0.39, 0.29) is 6.04 Å². The van der Waals surface area contributed by atoms with Gasteiger partial charge in [0.05, 0.1) is 13.2 Å². The molecule has 1 aromatic heterocycles. The van der Waals surface area contributed by atoms with Gasteiger partial charge in [-0.05, 0) is 30.7 Å². The standard InChI is InChI=1S/C17H17NO2/c1-11-14-10-13(19-2)8-9-15(14)20-17(11)16(18)12-6-4-3-5-7-12/h3-10,16H,18H2,1-2H3. The van der Waals surface area contributed by atoms with Crippen molar-refractivity contribution in [3.8, 4) is 5.75 Å². The normalized spacial score (nSPS) is 12.6. The zero-order valence-corrected chi connectivity index (χ0v) is 11.6. The number of nitrogens with two attached hydrogens (primary N) is 1. The van der Waals surface area contributed by atoms with Gasteiger partial charge >= 0.3 is 0 Å². The Morgan fingerprint density at radius 2 is 1.85 bits per heavy atom. The van der Waals surface area contributed by atoms with E-state index in [2.05, 4.69) is 0 Å². The zero-order valence-electron chi connectivity index (χ0n) is 11.6. The molecular weight excluding hydrogens is 250 g/mol. The molecule has 0 aliphatic rings. The molecule has 0 amide bonds. The van der Waals surface area contributed by atoms with Gasteiger partial charge in [0.25, 0.3) is 0 Å². The Labute approximate surface area is 118 Å². The lowest BCUT2D eigenvalue weighted by Crippen LogP contribution is -2.11. The van der Waals surface area contributed by atoms with E-state index in [0.717, 1.165) is 33.6 Å². The van der Waals surface area contributed by atoms with Crippen LogP contribution >= 0.6 is 0 Å². The van der Waals surface area contributed by atoms with Crippen LogP contribution in [0.15, 0.2) is 52.9 Å². The van der Waals surface area contributed by atoms with Gasteiger partial charge < -0.3 is 14.9 Å². The number of ether oxygens (including phenoxy) is 1. The molecule has 0 aliphatic carbocycles. The number of hydrogen-bond donors (Lipinski definition) is 1. The summed E-state index contributed by atoms with van der Waals surface area (Å²) in [6.07, 6.45) is 0. The molecular formula is C17H17NO2. The van der Waals surface area contributed by atoms with Crippen LogP contribution in [0.25, 0.3) is 11.0 Å². The Bertz CT molecular complexity index is 731. The van der Waals surface area contributed by atoms with Crippen LogP contribution in [0.5, 0.6) is 5.75 Å². The number of rotatable bonds is 3. The minimum atomic E-state index is -0.255. The third kappa shape index (κ3) is 2.06. The molecule has 2 aromatic carbocycles. The van der Waals surface area contributed by atoms with Crippen LogP contribution in [0.3, 0.4) is 0 Å². The summed E-state index contributed by atoms with van der Waals surface area (Å²) < 4.78 is 11.2. The molecule has 1 heterocycles. The SMILES string of the molecule is COc1ccc2oc(C(N)c3ccccc3)c(C)c2c1. The molecule has 1 atom stereocenters. The van der Waals surface area contributed by atoms with Gasteiger partial charge in [0.15, 0.2) is 0 Å². The van der Waals surface area contributed by atoms with Crippen molar-refractivity contribution in [3.63, 3.8) is 0 Å². The van der Waals surface area contributed by atoms with Crippen LogP contribution < -0.4 is 10.5 Å². The van der Waals surface area contributed by atoms with Gasteiger partial charge in [0, 0.05) is 10.9 Å². The summed E-state index contributed by atoms with van der Waals surface area (Å²) in [5, 5.41) is 1.05. The molecule has 0 fully saturated rings. The van der Waals surface area contributed by atoms with Gasteiger partial charge in [-0.1, -0.05) is 30.3 Å². The average Bonchev–Trinajstić information content (AvgIpc) is 2.84. The van der Waals surface area contributed by atoms with Crippen molar-refractivity contribution in [1.29, 1.82) is 0 Å². The first kappa shape index (κ1) is 12.8. The first-order valence-corrected chi connectivity index (χ1v) is 6.58. The second-order valence-electron chi connectivity index (χ2n) is 4.84. The molecule has 0 bridgehead atoms. The summed E-state index contributed by atoms with van der Waals surface area (Å²) in [4.78, 5) is 0. The number of furan rings is 1. The second kappa shape index (κ2) is 5.02. The lowest BCUT2D eigenvalue weighted by molar-refractivity contribution is 0.415. The van der Waals surface area contributed by atoms with E-state index >= 15 is 0 Å². The molecule has 1 unspecified atom stereocenters. The maximum atomic E-state index is 6.33. The van der Waals surface area contributed by atoms with Crippen molar-refractivity contribution in [2.45, 2.75) is 13.0 Å². The van der Waals surface area contributed by atoms with Crippen molar-refractivity contribution in [3.05, 3.63) is 65.4 Å². The number of benzene rings is 2. The first-order chi connectivity index (χ1) is 9.70. The van der Waals surface area contributed by atoms with Crippen molar-refractivity contribution in [1.82, 2.24) is 0 Å². The molecule has 3 rings (SSSR count). The Balaban J connectivity index is 2.10. The van der Waals surface area contributed by atoms with Crippen molar-refractivity contribution in [2.24, 2.45) is 5.73 Å². The van der Waals surface area contributed by atoms with E-state index in [9.17, 15) is 0 Å². The first-order valence-electron chi connectivity index (χ1n) is 6.58. The van der Waals surface area contributed by atoms with Crippen molar-refractivity contribution < 1.29 is 9.15 Å². The molecule has 0 saturated carbocycles. The fourth-order valence-electron chi connectivity index (χ4n) is 2.45. The summed E-state index contributed by atoms with van der Waals surface area (Å²) in [6, 6.07) is 15.5. The molecule has 0 spiro atoms. The highest BCUT2D eigenvalue weighted by Gasteiger charge is 2.18. The predicted molar refractivity (Wildman–Crippen MR) is 80.0 cm³/mol. The smallest absolute Gasteiger partial charge is 0.134 e. The van der Waals surface area contributed by atoms with E-state index in [1.165, 1.54) is 0 Å². The van der Waals surface area contributed by atoms with E-state index in [1.54, 1.807) is 7.11 Å². The van der Waals surface area contributed by atoms with Gasteiger partial charge in [-0.25, -0.2) is 0 Å². The third-order valence-corrected chi connectivity index (χ3v) is 3.62. The lowest BCUT2D eigenvalue weighted by atomic mass is 10.0. The molecule has 2 N–H and O–H groups in total. The highest BCUT2D eigenvalue weighted by molar-refractivity contribution is 5.83. The molecule has 0 radical (unpaired) electrons. The fourth-order valence-corrected chi connectivity index (χ4v) is 2.45. The van der Waals surface area contributed by atoms with E-state index in [0.29, 0.717) is 0 Å². The maximum Gasteiger partial charge on any atom is 0.134 e. The number of aryl methyl sites for hydroxylation is 1. The Kier molecular flexibility index (Phi) is 3.20. The molecule has 20 heavy (non-hydrogen) atoms. The minimum Gasteiger partial charge on any atom is -0.497 e. The third-order valence-electron chi connectivity index (χ3n) is 3.62. The molecule has 102 valence electrons. The van der Waals surface area contributed by atoms with Gasteiger partial charge in [-0.3, -0.25) is 0 Å². The van der Waals surface area contributed by atoms with Crippen molar-refractivity contribution >= 4 is 11.0 Å². The molecule has 3 aromatic rings. The topological polar surface area (TPSA) is 48.4 Å². The Hall–Kier alpha value is -2.26. The van der Waals surface area contributed by atoms with Crippen LogP contribution in [0.2, 0.25) is 0 Å². The summed E-state index contributed by atoms with van der Waals surface area (Å²) in [5.74, 6) is 1.63. The van der Waals surface area contributed by atoms with Gasteiger partial charge in [-0.2, -0.15) is 0 Å². The summed E-state index contributed by atoms with van der Waals surface area (Å²) in [5.41, 5.74) is 9.27. The maximum absolute atomic E-state index is 6.33. The number of fused-ring (bicyclic) bond motifs is 1. The summed E-state index contributed by atoms with van der Waals surface area (Å²) in [6.45, 7) is 2.03. The highest BCUT2D eigenvalue weighted by atomic mass is 16.5. The van der Waals surface area contributed by atoms with Gasteiger partial charge in [-0.15, -0.1) is 0 Å². The lowest BCUT2D eigenvalue weighted by Gasteiger charge is -2.09. The van der Waals surface area contributed by atoms with Crippen LogP contribution in [-0.4, -0.2) is 7.11 Å². The van der Waals surface area contributed by atoms with E-state index in [1.807, 2.05) is 55.5 Å². The Morgan fingerprint density at radius 3 is 2.55 bits per heavy atom. The largest absolute Gasteiger partial charge is 0.497 e. The van der Waals surface area contributed by atoms with Crippen LogP contribution in [0.4, 0.5) is 0 Å². The van der Waals surface area contributed by atoms with Crippen LogP contribution in [0, 0.1) is 6.92 Å². The Morgan fingerprint density at radius 1 is 1.10 bits per heavy atom. The van der Waals surface area contributed by atoms with Gasteiger partial charge in [0.1, 0.15) is 17.1 Å². The number of methoxy groups -OCH3 is 1. The van der Waals surface area contributed by atoms with Crippen molar-refractivity contribution in [2.75, 3.05) is 7.11 Å². The quantitative estimate of drug-likeness (QED) is 0.785. The van der Waals surface area contributed by atoms with Crippen LogP contribution in [0.1, 0.15) is 22.9 Å². The number of hydrogen-bond acceptors (Lipinski definition) is 3. The van der Waals surface area contributed by atoms with E-state index < -0.39 is 0 Å². The monoisotopic (exact) mass is 267 g/mol. The second-order valence-corrected chi connectivity index (χ2v) is 4.84. The summed E-state index contributed by atoms with van der Waals surface area (Å²) in [7, 11) is 1.66.